The lowest BCUT2D eigenvalue weighted by molar-refractivity contribution is 0.551. The Kier molecular flexibility index (Phi) is 2.09. The SMILES string of the molecule is C[C](C)Cc1ccc2ccocc1-2. The number of hydrogen-bond donors (Lipinski definition) is 0. The summed E-state index contributed by atoms with van der Waals surface area (Å²) in [6, 6.07) is 6.32. The van der Waals surface area contributed by atoms with Crippen LogP contribution in [0.2, 0.25) is 0 Å². The van der Waals surface area contributed by atoms with E-state index in [9.17, 15) is 0 Å². The summed E-state index contributed by atoms with van der Waals surface area (Å²) in [7, 11) is 0. The van der Waals surface area contributed by atoms with Gasteiger partial charge in [0.25, 0.3) is 0 Å². The van der Waals surface area contributed by atoms with Crippen molar-refractivity contribution in [2.45, 2.75) is 20.3 Å². The molecule has 2 aliphatic rings. The average molecular weight is 173 g/mol. The minimum atomic E-state index is 1.04. The van der Waals surface area contributed by atoms with Gasteiger partial charge in [0.05, 0.1) is 12.5 Å². The fourth-order valence-corrected chi connectivity index (χ4v) is 1.60. The fourth-order valence-electron chi connectivity index (χ4n) is 1.60. The van der Waals surface area contributed by atoms with Gasteiger partial charge in [-0.15, -0.1) is 0 Å². The molecule has 0 aromatic rings. The molecule has 1 nitrogen and oxygen atoms in total. The van der Waals surface area contributed by atoms with Crippen molar-refractivity contribution in [1.82, 2.24) is 0 Å². The predicted molar refractivity (Wildman–Crippen MR) is 53.6 cm³/mol. The van der Waals surface area contributed by atoms with Crippen LogP contribution in [-0.2, 0) is 6.42 Å². The molecular formula is C12H13O. The molecule has 1 aliphatic carbocycles. The first-order valence-electron chi connectivity index (χ1n) is 4.50. The Morgan fingerprint density at radius 3 is 2.85 bits per heavy atom. The van der Waals surface area contributed by atoms with Crippen LogP contribution in [0.4, 0.5) is 0 Å². The normalized spacial score (nSPS) is 11.3. The minimum absolute atomic E-state index is 1.04. The molecule has 0 aromatic heterocycles. The van der Waals surface area contributed by atoms with E-state index >= 15 is 0 Å². The van der Waals surface area contributed by atoms with Crippen molar-refractivity contribution in [2.24, 2.45) is 0 Å². The third-order valence-electron chi connectivity index (χ3n) is 2.18. The highest BCUT2D eigenvalue weighted by molar-refractivity contribution is 5.69. The molecule has 0 atom stereocenters. The largest absolute Gasteiger partial charge is 0.472 e. The second-order valence-corrected chi connectivity index (χ2v) is 3.67. The molecule has 1 heterocycles. The van der Waals surface area contributed by atoms with Gasteiger partial charge in [-0.2, -0.15) is 0 Å². The molecule has 0 saturated carbocycles. The van der Waals surface area contributed by atoms with Gasteiger partial charge in [0.1, 0.15) is 0 Å². The smallest absolute Gasteiger partial charge is 0.0982 e. The van der Waals surface area contributed by atoms with Crippen molar-refractivity contribution >= 4 is 0 Å². The van der Waals surface area contributed by atoms with Crippen molar-refractivity contribution in [2.75, 3.05) is 0 Å². The topological polar surface area (TPSA) is 13.1 Å². The van der Waals surface area contributed by atoms with E-state index in [4.69, 9.17) is 4.42 Å². The van der Waals surface area contributed by atoms with Crippen LogP contribution in [0.15, 0.2) is 35.1 Å². The van der Waals surface area contributed by atoms with E-state index < -0.39 is 0 Å². The van der Waals surface area contributed by atoms with Gasteiger partial charge < -0.3 is 4.42 Å². The maximum Gasteiger partial charge on any atom is 0.0982 e. The molecule has 0 aromatic carbocycles. The molecule has 13 heavy (non-hydrogen) atoms. The predicted octanol–water partition coefficient (Wildman–Crippen LogP) is 3.54. The van der Waals surface area contributed by atoms with Gasteiger partial charge in [-0.05, 0) is 29.5 Å². The minimum Gasteiger partial charge on any atom is -0.472 e. The highest BCUT2D eigenvalue weighted by Crippen LogP contribution is 2.29. The molecule has 0 N–H and O–H groups in total. The molecule has 1 heteroatoms. The Labute approximate surface area is 78.7 Å². The van der Waals surface area contributed by atoms with E-state index in [2.05, 4.69) is 26.0 Å². The Morgan fingerprint density at radius 2 is 2.08 bits per heavy atom. The molecule has 0 spiro atoms. The monoisotopic (exact) mass is 173 g/mol. The molecule has 1 aliphatic heterocycles. The van der Waals surface area contributed by atoms with Crippen molar-refractivity contribution in [1.29, 1.82) is 0 Å². The van der Waals surface area contributed by atoms with Gasteiger partial charge in [-0.3, -0.25) is 0 Å². The zero-order chi connectivity index (χ0) is 9.26. The van der Waals surface area contributed by atoms with E-state index in [-0.39, 0.29) is 0 Å². The lowest BCUT2D eigenvalue weighted by Gasteiger charge is -2.04. The van der Waals surface area contributed by atoms with Crippen LogP contribution in [0.5, 0.6) is 0 Å². The molecule has 1 radical (unpaired) electrons. The number of rotatable bonds is 2. The van der Waals surface area contributed by atoms with Gasteiger partial charge in [0.2, 0.25) is 0 Å². The van der Waals surface area contributed by atoms with Gasteiger partial charge in [0.15, 0.2) is 0 Å². The van der Waals surface area contributed by atoms with Crippen LogP contribution in [0.1, 0.15) is 19.4 Å². The van der Waals surface area contributed by atoms with E-state index in [0.29, 0.717) is 0 Å². The molecule has 0 unspecified atom stereocenters. The maximum absolute atomic E-state index is 5.16. The van der Waals surface area contributed by atoms with E-state index in [1.54, 1.807) is 6.26 Å². The first kappa shape index (κ1) is 8.36. The van der Waals surface area contributed by atoms with Crippen molar-refractivity contribution < 1.29 is 4.42 Å². The van der Waals surface area contributed by atoms with Crippen molar-refractivity contribution in [3.8, 4) is 11.1 Å². The summed E-state index contributed by atoms with van der Waals surface area (Å²) in [6.07, 6.45) is 4.59. The van der Waals surface area contributed by atoms with Crippen molar-refractivity contribution in [3.05, 3.63) is 42.2 Å². The summed E-state index contributed by atoms with van der Waals surface area (Å²) in [5, 5.41) is 0. The first-order valence-corrected chi connectivity index (χ1v) is 4.50. The Hall–Kier alpha value is -1.24. The van der Waals surface area contributed by atoms with E-state index in [1.807, 2.05) is 12.3 Å². The Morgan fingerprint density at radius 1 is 1.23 bits per heavy atom. The summed E-state index contributed by atoms with van der Waals surface area (Å²) in [5.41, 5.74) is 3.87. The van der Waals surface area contributed by atoms with Crippen LogP contribution in [0, 0.1) is 5.92 Å². The standard InChI is InChI=1S/C12H13O/c1-9(2)7-11-4-3-10-5-6-13-8-12(10)11/h3-6,8H,7H2,1-2H3. The van der Waals surface area contributed by atoms with Crippen molar-refractivity contribution in [3.63, 3.8) is 0 Å². The molecule has 0 amide bonds. The Bertz CT molecular complexity index is 359. The van der Waals surface area contributed by atoms with E-state index in [0.717, 1.165) is 6.42 Å². The third kappa shape index (κ3) is 1.59. The average Bonchev–Trinajstić information content (AvgIpc) is 2.48. The van der Waals surface area contributed by atoms with Crippen LogP contribution in [0.3, 0.4) is 0 Å². The van der Waals surface area contributed by atoms with Crippen LogP contribution in [-0.4, -0.2) is 0 Å². The second-order valence-electron chi connectivity index (χ2n) is 3.67. The van der Waals surface area contributed by atoms with Crippen LogP contribution < -0.4 is 0 Å². The quantitative estimate of drug-likeness (QED) is 0.677. The summed E-state index contributed by atoms with van der Waals surface area (Å²) in [5.74, 6) is 1.43. The molecule has 0 bridgehead atoms. The molecule has 67 valence electrons. The molecule has 0 fully saturated rings. The summed E-state index contributed by atoms with van der Waals surface area (Å²) >= 11 is 0. The summed E-state index contributed by atoms with van der Waals surface area (Å²) < 4.78 is 5.16. The highest BCUT2D eigenvalue weighted by atomic mass is 16.3. The number of fused-ring (bicyclic) bond motifs is 1. The first-order chi connectivity index (χ1) is 6.27. The van der Waals surface area contributed by atoms with E-state index in [1.165, 1.54) is 22.6 Å². The van der Waals surface area contributed by atoms with Crippen LogP contribution >= 0.6 is 0 Å². The third-order valence-corrected chi connectivity index (χ3v) is 2.18. The summed E-state index contributed by atoms with van der Waals surface area (Å²) in [4.78, 5) is 0. The van der Waals surface area contributed by atoms with Gasteiger partial charge >= 0.3 is 0 Å². The van der Waals surface area contributed by atoms with Gasteiger partial charge in [-0.25, -0.2) is 0 Å². The zero-order valence-electron chi connectivity index (χ0n) is 8.00. The molecule has 0 saturated heterocycles. The lowest BCUT2D eigenvalue weighted by atomic mass is 10.0. The fraction of sp³-hybridized carbons (Fsp3) is 0.250. The highest BCUT2D eigenvalue weighted by Gasteiger charge is 2.10. The second kappa shape index (κ2) is 3.25. The maximum atomic E-state index is 5.16. The van der Waals surface area contributed by atoms with Crippen LogP contribution in [0.25, 0.3) is 11.1 Å². The van der Waals surface area contributed by atoms with Gasteiger partial charge in [-0.1, -0.05) is 26.0 Å². The Balaban J connectivity index is 2.38. The molecule has 2 rings (SSSR count). The zero-order valence-corrected chi connectivity index (χ0v) is 8.00. The lowest BCUT2D eigenvalue weighted by Crippen LogP contribution is -1.91. The molecular weight excluding hydrogens is 160 g/mol. The summed E-state index contributed by atoms with van der Waals surface area (Å²) in [6.45, 7) is 4.30. The van der Waals surface area contributed by atoms with Gasteiger partial charge in [0, 0.05) is 5.56 Å². The number of hydrogen-bond acceptors (Lipinski definition) is 1.